The summed E-state index contributed by atoms with van der Waals surface area (Å²) in [5.74, 6) is -3.29. The van der Waals surface area contributed by atoms with Gasteiger partial charge in [-0.3, -0.25) is 0 Å². The number of methoxy groups -OCH3 is 1. The van der Waals surface area contributed by atoms with Crippen LogP contribution in [0.2, 0.25) is 0 Å². The van der Waals surface area contributed by atoms with Crippen molar-refractivity contribution >= 4 is 28.6 Å². The fourth-order valence-corrected chi connectivity index (χ4v) is 2.98. The number of hydrogen-bond acceptors (Lipinski definition) is 4. The molecule has 5 nitrogen and oxygen atoms in total. The average Bonchev–Trinajstić information content (AvgIpc) is 2.85. The number of carbonyl (C=O) groups excluding carboxylic acids is 1. The van der Waals surface area contributed by atoms with Gasteiger partial charge < -0.3 is 14.0 Å². The maximum Gasteiger partial charge on any atom is 0.337 e. The summed E-state index contributed by atoms with van der Waals surface area (Å²) < 4.78 is 40.0. The van der Waals surface area contributed by atoms with Crippen LogP contribution in [0.5, 0.6) is 0 Å². The molecule has 0 aliphatic carbocycles. The molecule has 1 aromatic carbocycles. The lowest BCUT2D eigenvalue weighted by Gasteiger charge is -2.27. The number of carbonyl (C=O) groups is 1. The van der Waals surface area contributed by atoms with E-state index >= 15 is 0 Å². The van der Waals surface area contributed by atoms with Crippen molar-refractivity contribution in [1.82, 2.24) is 9.55 Å². The molecule has 1 aliphatic heterocycles. The van der Waals surface area contributed by atoms with Crippen molar-refractivity contribution in [1.29, 1.82) is 0 Å². The summed E-state index contributed by atoms with van der Waals surface area (Å²) in [5, 5.41) is 0. The molecule has 0 N–H and O–H groups in total. The Bertz CT molecular complexity index is 782. The molecule has 0 unspecified atom stereocenters. The van der Waals surface area contributed by atoms with Gasteiger partial charge in [-0.05, 0) is 18.6 Å². The van der Waals surface area contributed by atoms with E-state index in [4.69, 9.17) is 16.3 Å². The Morgan fingerprint density at radius 2 is 2.25 bits per heavy atom. The van der Waals surface area contributed by atoms with Crippen LogP contribution < -0.4 is 0 Å². The van der Waals surface area contributed by atoms with E-state index in [-0.39, 0.29) is 28.6 Å². The highest BCUT2D eigenvalue weighted by Gasteiger charge is 2.32. The van der Waals surface area contributed by atoms with Crippen LogP contribution in [0.3, 0.4) is 0 Å². The smallest absolute Gasteiger partial charge is 0.337 e. The first-order valence-electron chi connectivity index (χ1n) is 7.52. The molecule has 1 aromatic heterocycles. The van der Waals surface area contributed by atoms with Gasteiger partial charge in [0.1, 0.15) is 5.82 Å². The minimum atomic E-state index is -3.15. The minimum Gasteiger partial charge on any atom is -0.465 e. The molecule has 2 aromatic rings. The van der Waals surface area contributed by atoms with Gasteiger partial charge in [0.15, 0.2) is 0 Å². The van der Waals surface area contributed by atoms with Gasteiger partial charge in [-0.2, -0.15) is 0 Å². The number of alkyl halides is 3. The van der Waals surface area contributed by atoms with Crippen molar-refractivity contribution in [3.05, 3.63) is 29.1 Å². The predicted molar refractivity (Wildman–Crippen MR) is 84.6 cm³/mol. The average molecular weight is 359 g/mol. The third-order valence-electron chi connectivity index (χ3n) is 4.13. The zero-order chi connectivity index (χ0) is 17.5. The topological polar surface area (TPSA) is 53.3 Å². The van der Waals surface area contributed by atoms with Crippen molar-refractivity contribution in [3.8, 4) is 0 Å². The van der Waals surface area contributed by atoms with Crippen LogP contribution in [0.25, 0.3) is 11.0 Å². The third kappa shape index (κ3) is 2.98. The monoisotopic (exact) mass is 358 g/mol. The molecule has 1 saturated heterocycles. The molecule has 3 rings (SSSR count). The maximum absolute atomic E-state index is 14.1. The van der Waals surface area contributed by atoms with Crippen molar-refractivity contribution < 1.29 is 23.0 Å². The molecular weight excluding hydrogens is 342 g/mol. The molecule has 1 atom stereocenters. The Morgan fingerprint density at radius 1 is 1.54 bits per heavy atom. The predicted octanol–water partition coefficient (Wildman–Crippen LogP) is 3.46. The molecule has 0 amide bonds. The fourth-order valence-electron chi connectivity index (χ4n) is 2.78. The van der Waals surface area contributed by atoms with E-state index < -0.39 is 11.9 Å². The Balaban J connectivity index is 2.23. The largest absolute Gasteiger partial charge is 0.465 e. The fraction of sp³-hybridized carbons (Fsp3) is 0.500. The number of nitrogens with zero attached hydrogens (tertiary/aromatic N) is 2. The first-order chi connectivity index (χ1) is 11.3. The molecule has 0 bridgehead atoms. The molecule has 2 heterocycles. The first-order valence-corrected chi connectivity index (χ1v) is 8.06. The van der Waals surface area contributed by atoms with Crippen LogP contribution >= 0.6 is 11.6 Å². The Morgan fingerprint density at radius 3 is 2.75 bits per heavy atom. The highest BCUT2D eigenvalue weighted by molar-refractivity contribution is 6.17. The van der Waals surface area contributed by atoms with Gasteiger partial charge in [0.25, 0.3) is 5.92 Å². The summed E-state index contributed by atoms with van der Waals surface area (Å²) in [6.07, 6.45) is 0.881. The van der Waals surface area contributed by atoms with E-state index in [2.05, 4.69) is 9.72 Å². The molecule has 0 spiro atoms. The molecule has 8 heteroatoms. The summed E-state index contributed by atoms with van der Waals surface area (Å²) in [6.45, 7) is 1.91. The van der Waals surface area contributed by atoms with Gasteiger partial charge in [-0.15, -0.1) is 11.6 Å². The van der Waals surface area contributed by atoms with E-state index in [1.54, 1.807) is 4.57 Å². The summed E-state index contributed by atoms with van der Waals surface area (Å²) in [5.41, 5.74) is 0.309. The second kappa shape index (κ2) is 6.29. The number of halogens is 3. The van der Waals surface area contributed by atoms with Gasteiger partial charge in [-0.1, -0.05) is 0 Å². The van der Waals surface area contributed by atoms with E-state index in [9.17, 15) is 13.6 Å². The summed E-state index contributed by atoms with van der Waals surface area (Å²) in [4.78, 5) is 16.1. The number of fused-ring (bicyclic) bond motifs is 1. The zero-order valence-corrected chi connectivity index (χ0v) is 14.1. The number of imidazole rings is 1. The lowest BCUT2D eigenvalue weighted by atomic mass is 10.0. The van der Waals surface area contributed by atoms with Gasteiger partial charge in [0.05, 0.1) is 42.2 Å². The molecule has 0 saturated carbocycles. The van der Waals surface area contributed by atoms with Crippen LogP contribution in [0.15, 0.2) is 12.1 Å². The van der Waals surface area contributed by atoms with Crippen LogP contribution in [0.4, 0.5) is 8.78 Å². The Hall–Kier alpha value is -1.73. The number of aromatic nitrogens is 2. The van der Waals surface area contributed by atoms with Crippen molar-refractivity contribution in [2.75, 3.05) is 13.7 Å². The normalized spacial score (nSPS) is 17.8. The molecular formula is C16H17ClF2N2O3. The van der Waals surface area contributed by atoms with Crippen LogP contribution in [-0.2, 0) is 27.8 Å². The summed E-state index contributed by atoms with van der Waals surface area (Å²) in [6, 6.07) is 2.64. The molecule has 130 valence electrons. The highest BCUT2D eigenvalue weighted by atomic mass is 35.5. The third-order valence-corrected chi connectivity index (χ3v) is 4.37. The van der Waals surface area contributed by atoms with E-state index in [0.717, 1.165) is 19.4 Å². The van der Waals surface area contributed by atoms with Crippen LogP contribution in [0, 0.1) is 0 Å². The van der Waals surface area contributed by atoms with E-state index in [0.29, 0.717) is 24.5 Å². The molecule has 24 heavy (non-hydrogen) atoms. The minimum absolute atomic E-state index is 0.00302. The second-order valence-electron chi connectivity index (χ2n) is 5.83. The molecule has 0 radical (unpaired) electrons. The number of benzene rings is 1. The second-order valence-corrected chi connectivity index (χ2v) is 6.09. The van der Waals surface area contributed by atoms with E-state index in [1.165, 1.54) is 13.2 Å². The van der Waals surface area contributed by atoms with Crippen molar-refractivity contribution in [3.63, 3.8) is 0 Å². The quantitative estimate of drug-likeness (QED) is 0.606. The number of hydrogen-bond donors (Lipinski definition) is 0. The molecule has 1 aliphatic rings. The SMILES string of the molecule is COC(=O)c1cc(C(C)(F)F)c2nc(CCl)n(C[C@@H]3CCO3)c2c1. The van der Waals surface area contributed by atoms with Crippen molar-refractivity contribution in [2.24, 2.45) is 0 Å². The Labute approximate surface area is 142 Å². The first kappa shape index (κ1) is 17.1. The van der Waals surface area contributed by atoms with Gasteiger partial charge in [-0.25, -0.2) is 18.6 Å². The van der Waals surface area contributed by atoms with Gasteiger partial charge >= 0.3 is 5.97 Å². The van der Waals surface area contributed by atoms with Gasteiger partial charge in [0.2, 0.25) is 0 Å². The lowest BCUT2D eigenvalue weighted by molar-refractivity contribution is -0.0589. The lowest BCUT2D eigenvalue weighted by Crippen LogP contribution is -2.31. The number of rotatable bonds is 5. The highest BCUT2D eigenvalue weighted by Crippen LogP contribution is 2.35. The maximum atomic E-state index is 14.1. The van der Waals surface area contributed by atoms with Gasteiger partial charge in [0, 0.05) is 19.1 Å². The van der Waals surface area contributed by atoms with Crippen molar-refractivity contribution in [2.45, 2.75) is 37.8 Å². The zero-order valence-electron chi connectivity index (χ0n) is 13.3. The standard InChI is InChI=1S/C16H17ClF2N2O3/c1-16(18,19)11-5-9(15(22)23-2)6-12-14(11)20-13(7-17)21(12)8-10-3-4-24-10/h5-6,10H,3-4,7-8H2,1-2H3/t10-/m0/s1. The van der Waals surface area contributed by atoms with Crippen LogP contribution in [-0.4, -0.2) is 35.3 Å². The molecule has 1 fully saturated rings. The van der Waals surface area contributed by atoms with Crippen LogP contribution in [0.1, 0.15) is 35.1 Å². The summed E-state index contributed by atoms with van der Waals surface area (Å²) in [7, 11) is 1.21. The number of ether oxygens (including phenoxy) is 2. The van der Waals surface area contributed by atoms with E-state index in [1.807, 2.05) is 0 Å². The number of esters is 1. The summed E-state index contributed by atoms with van der Waals surface area (Å²) >= 11 is 5.94. The Kier molecular flexibility index (Phi) is 4.48.